The van der Waals surface area contributed by atoms with Gasteiger partial charge in [-0.25, -0.2) is 9.18 Å². The van der Waals surface area contributed by atoms with Crippen LogP contribution in [-0.4, -0.2) is 12.1 Å². The zero-order valence-corrected chi connectivity index (χ0v) is 16.2. The maximum Gasteiger partial charge on any atom is 0.417 e. The Labute approximate surface area is 159 Å². The molecule has 0 fully saturated rings. The van der Waals surface area contributed by atoms with Crippen LogP contribution in [0, 0.1) is 5.82 Å². The number of hydrogen-bond donors (Lipinski definition) is 0. The molecule has 0 spiro atoms. The van der Waals surface area contributed by atoms with Crippen molar-refractivity contribution in [3.05, 3.63) is 35.1 Å². The minimum absolute atomic E-state index is 0.339. The summed E-state index contributed by atoms with van der Waals surface area (Å²) in [5.74, 6) is -2.07. The molecule has 1 aromatic carbocycles. The molecule has 0 saturated heterocycles. The molecular weight excluding hydrogens is 360 g/mol. The van der Waals surface area contributed by atoms with Crippen LogP contribution in [-0.2, 0) is 10.9 Å². The second-order valence-electron chi connectivity index (χ2n) is 6.91. The summed E-state index contributed by atoms with van der Waals surface area (Å²) in [6, 6.07) is 2.04. The van der Waals surface area contributed by atoms with Gasteiger partial charge in [0.05, 0.1) is 11.1 Å². The molecule has 0 heterocycles. The summed E-state index contributed by atoms with van der Waals surface area (Å²) in [4.78, 5) is 12.3. The molecule has 0 aromatic heterocycles. The Morgan fingerprint density at radius 1 is 0.963 bits per heavy atom. The minimum atomic E-state index is -4.81. The summed E-state index contributed by atoms with van der Waals surface area (Å²) in [5, 5.41) is 0. The highest BCUT2D eigenvalue weighted by Gasteiger charge is 2.36. The van der Waals surface area contributed by atoms with Gasteiger partial charge in [-0.3, -0.25) is 0 Å². The molecule has 1 unspecified atom stereocenters. The van der Waals surface area contributed by atoms with Crippen molar-refractivity contribution in [1.29, 1.82) is 0 Å². The summed E-state index contributed by atoms with van der Waals surface area (Å²) in [6.07, 6.45) is 4.32. The van der Waals surface area contributed by atoms with Gasteiger partial charge < -0.3 is 4.74 Å². The van der Waals surface area contributed by atoms with Crippen molar-refractivity contribution in [2.24, 2.45) is 0 Å². The molecule has 0 aliphatic heterocycles. The Morgan fingerprint density at radius 2 is 1.56 bits per heavy atom. The lowest BCUT2D eigenvalue weighted by Gasteiger charge is -2.19. The fourth-order valence-electron chi connectivity index (χ4n) is 2.99. The molecular formula is C21H30F4O2. The van der Waals surface area contributed by atoms with Crippen LogP contribution < -0.4 is 0 Å². The van der Waals surface area contributed by atoms with E-state index < -0.39 is 35.2 Å². The average Bonchev–Trinajstić information content (AvgIpc) is 2.61. The third kappa shape index (κ3) is 8.76. The Bertz CT molecular complexity index is 570. The van der Waals surface area contributed by atoms with E-state index in [0.29, 0.717) is 18.9 Å². The van der Waals surface area contributed by atoms with Crippen LogP contribution in [0.4, 0.5) is 17.6 Å². The molecule has 154 valence electrons. The maximum absolute atomic E-state index is 13.2. The predicted molar refractivity (Wildman–Crippen MR) is 98.1 cm³/mol. The largest absolute Gasteiger partial charge is 0.459 e. The maximum atomic E-state index is 13.2. The van der Waals surface area contributed by atoms with E-state index in [1.165, 1.54) is 12.8 Å². The van der Waals surface area contributed by atoms with Gasteiger partial charge in [0.2, 0.25) is 0 Å². The zero-order valence-electron chi connectivity index (χ0n) is 16.2. The quantitative estimate of drug-likeness (QED) is 0.212. The highest BCUT2D eigenvalue weighted by atomic mass is 19.4. The van der Waals surface area contributed by atoms with Crippen LogP contribution in [0.15, 0.2) is 18.2 Å². The molecule has 6 heteroatoms. The first-order chi connectivity index (χ1) is 12.8. The van der Waals surface area contributed by atoms with E-state index in [1.54, 1.807) is 0 Å². The fraction of sp³-hybridized carbons (Fsp3) is 0.667. The van der Waals surface area contributed by atoms with Gasteiger partial charge in [0.25, 0.3) is 0 Å². The first-order valence-electron chi connectivity index (χ1n) is 9.87. The van der Waals surface area contributed by atoms with Crippen LogP contribution in [0.3, 0.4) is 0 Å². The monoisotopic (exact) mass is 390 g/mol. The van der Waals surface area contributed by atoms with E-state index in [-0.39, 0.29) is 0 Å². The number of unbranched alkanes of at least 4 members (excludes halogenated alkanes) is 6. The van der Waals surface area contributed by atoms with Gasteiger partial charge in [-0.05, 0) is 37.5 Å². The first kappa shape index (κ1) is 23.4. The fourth-order valence-corrected chi connectivity index (χ4v) is 2.99. The molecule has 0 saturated carbocycles. The summed E-state index contributed by atoms with van der Waals surface area (Å²) in [5.41, 5.74) is -1.92. The minimum Gasteiger partial charge on any atom is -0.459 e. The predicted octanol–water partition coefficient (Wildman–Crippen LogP) is 7.31. The Hall–Kier alpha value is -1.59. The van der Waals surface area contributed by atoms with Gasteiger partial charge >= 0.3 is 12.1 Å². The lowest BCUT2D eigenvalue weighted by atomic mass is 10.0. The van der Waals surface area contributed by atoms with Gasteiger partial charge in [0.15, 0.2) is 0 Å². The van der Waals surface area contributed by atoms with E-state index in [9.17, 15) is 22.4 Å². The van der Waals surface area contributed by atoms with E-state index in [0.717, 1.165) is 50.7 Å². The van der Waals surface area contributed by atoms with Crippen molar-refractivity contribution >= 4 is 5.97 Å². The van der Waals surface area contributed by atoms with Gasteiger partial charge in [-0.15, -0.1) is 0 Å². The number of rotatable bonds is 12. The summed E-state index contributed by atoms with van der Waals surface area (Å²) in [7, 11) is 0. The molecule has 0 N–H and O–H groups in total. The normalized spacial score (nSPS) is 12.8. The molecule has 0 radical (unpaired) electrons. The molecule has 1 atom stereocenters. The van der Waals surface area contributed by atoms with Crippen LogP contribution in [0.2, 0.25) is 0 Å². The third-order valence-corrected chi connectivity index (χ3v) is 4.54. The van der Waals surface area contributed by atoms with Crippen molar-refractivity contribution in [3.8, 4) is 0 Å². The highest BCUT2D eigenvalue weighted by Crippen LogP contribution is 2.33. The number of carbonyl (C=O) groups is 1. The second kappa shape index (κ2) is 12.0. The van der Waals surface area contributed by atoms with Crippen molar-refractivity contribution in [3.63, 3.8) is 0 Å². The van der Waals surface area contributed by atoms with Gasteiger partial charge in [0.1, 0.15) is 11.9 Å². The van der Waals surface area contributed by atoms with Crippen molar-refractivity contribution in [1.82, 2.24) is 0 Å². The zero-order chi connectivity index (χ0) is 20.3. The van der Waals surface area contributed by atoms with Gasteiger partial charge in [-0.2, -0.15) is 13.2 Å². The SMILES string of the molecule is CCCCCCCCC(CCCC)OC(=O)c1ccc(F)cc1C(F)(F)F. The number of benzene rings is 1. The number of hydrogen-bond acceptors (Lipinski definition) is 2. The van der Waals surface area contributed by atoms with Crippen LogP contribution in [0.5, 0.6) is 0 Å². The number of carbonyl (C=O) groups excluding carboxylic acids is 1. The lowest BCUT2D eigenvalue weighted by Crippen LogP contribution is -2.21. The molecule has 1 aromatic rings. The van der Waals surface area contributed by atoms with Gasteiger partial charge in [-0.1, -0.05) is 58.8 Å². The van der Waals surface area contributed by atoms with E-state index in [2.05, 4.69) is 6.92 Å². The molecule has 1 rings (SSSR count). The molecule has 2 nitrogen and oxygen atoms in total. The van der Waals surface area contributed by atoms with Crippen molar-refractivity contribution in [2.45, 2.75) is 90.3 Å². The summed E-state index contributed by atoms with van der Waals surface area (Å²) < 4.78 is 57.9. The smallest absolute Gasteiger partial charge is 0.417 e. The number of ether oxygens (including phenoxy) is 1. The number of esters is 1. The summed E-state index contributed by atoms with van der Waals surface area (Å²) >= 11 is 0. The van der Waals surface area contributed by atoms with Crippen LogP contribution >= 0.6 is 0 Å². The van der Waals surface area contributed by atoms with E-state index in [1.807, 2.05) is 6.92 Å². The Morgan fingerprint density at radius 3 is 2.19 bits per heavy atom. The van der Waals surface area contributed by atoms with Crippen LogP contribution in [0.25, 0.3) is 0 Å². The van der Waals surface area contributed by atoms with E-state index >= 15 is 0 Å². The summed E-state index contributed by atoms with van der Waals surface area (Å²) in [6.45, 7) is 4.15. The molecule has 0 amide bonds. The lowest BCUT2D eigenvalue weighted by molar-refractivity contribution is -0.138. The number of alkyl halides is 3. The van der Waals surface area contributed by atoms with Crippen LogP contribution in [0.1, 0.15) is 94.0 Å². The molecule has 0 aliphatic rings. The molecule has 0 bridgehead atoms. The topological polar surface area (TPSA) is 26.3 Å². The Kier molecular flexibility index (Phi) is 10.4. The molecule has 0 aliphatic carbocycles. The average molecular weight is 390 g/mol. The second-order valence-corrected chi connectivity index (χ2v) is 6.91. The standard InChI is InChI=1S/C21H30F4O2/c1-3-5-7-8-9-10-12-17(11-6-4-2)27-20(26)18-14-13-16(22)15-19(18)21(23,24)25/h13-15,17H,3-12H2,1-2H3. The van der Waals surface area contributed by atoms with Gasteiger partial charge in [0, 0.05) is 0 Å². The van der Waals surface area contributed by atoms with Crippen molar-refractivity contribution in [2.75, 3.05) is 0 Å². The number of halogens is 4. The van der Waals surface area contributed by atoms with Crippen molar-refractivity contribution < 1.29 is 27.1 Å². The van der Waals surface area contributed by atoms with E-state index in [4.69, 9.17) is 4.74 Å². The third-order valence-electron chi connectivity index (χ3n) is 4.54. The molecule has 27 heavy (non-hydrogen) atoms. The Balaban J connectivity index is 2.73. The first-order valence-corrected chi connectivity index (χ1v) is 9.87. The highest BCUT2D eigenvalue weighted by molar-refractivity contribution is 5.91.